The molecule has 0 saturated carbocycles. The number of fused-ring (bicyclic) bond motifs is 1. The van der Waals surface area contributed by atoms with E-state index in [1.807, 2.05) is 13.8 Å². The Balaban J connectivity index is 2.09. The van der Waals surface area contributed by atoms with Crippen molar-refractivity contribution in [3.05, 3.63) is 0 Å². The topological polar surface area (TPSA) is 50.7 Å². The molecule has 12 heavy (non-hydrogen) atoms. The lowest BCUT2D eigenvalue weighted by molar-refractivity contribution is -0.152. The molecule has 0 aromatic heterocycles. The second-order valence-corrected chi connectivity index (χ2v) is 3.86. The summed E-state index contributed by atoms with van der Waals surface area (Å²) in [6.45, 7) is 5.11. The van der Waals surface area contributed by atoms with E-state index in [0.717, 1.165) is 6.54 Å². The van der Waals surface area contributed by atoms with Crippen molar-refractivity contribution >= 4 is 0 Å². The monoisotopic (exact) mass is 173 g/mol. The Hall–Kier alpha value is -0.160. The summed E-state index contributed by atoms with van der Waals surface area (Å²) >= 11 is 0. The lowest BCUT2D eigenvalue weighted by Gasteiger charge is -2.27. The van der Waals surface area contributed by atoms with Crippen molar-refractivity contribution in [2.75, 3.05) is 13.1 Å². The van der Waals surface area contributed by atoms with Gasteiger partial charge in [0, 0.05) is 13.1 Å². The lowest BCUT2D eigenvalue weighted by Crippen LogP contribution is -2.51. The van der Waals surface area contributed by atoms with Crippen LogP contribution in [0.3, 0.4) is 0 Å². The summed E-state index contributed by atoms with van der Waals surface area (Å²) in [5.74, 6) is -0.539. The number of β-amino-alcohol motifs (C(OH)–C–C–N with tert-alkyl or cyclic N) is 1. The molecule has 0 bridgehead atoms. The molecule has 3 unspecified atom stereocenters. The number of aliphatic hydroxyl groups excluding tert-OH is 1. The lowest BCUT2D eigenvalue weighted by atomic mass is 10.0. The zero-order valence-corrected chi connectivity index (χ0v) is 7.41. The van der Waals surface area contributed by atoms with Gasteiger partial charge < -0.3 is 19.9 Å². The Kier molecular flexibility index (Phi) is 1.88. The normalized spacial score (nSPS) is 45.8. The number of nitrogens with one attached hydrogen (secondary N) is 1. The summed E-state index contributed by atoms with van der Waals surface area (Å²) in [6, 6.07) is 0. The highest BCUT2D eigenvalue weighted by atomic mass is 16.8. The van der Waals surface area contributed by atoms with Gasteiger partial charge in [-0.3, -0.25) is 0 Å². The van der Waals surface area contributed by atoms with Gasteiger partial charge in [-0.05, 0) is 13.8 Å². The van der Waals surface area contributed by atoms with Gasteiger partial charge in [0.05, 0.1) is 6.10 Å². The first-order chi connectivity index (χ1) is 5.58. The maximum Gasteiger partial charge on any atom is 0.163 e. The smallest absolute Gasteiger partial charge is 0.163 e. The molecule has 4 nitrogen and oxygen atoms in total. The highest BCUT2D eigenvalue weighted by Crippen LogP contribution is 2.30. The zero-order chi connectivity index (χ0) is 8.77. The van der Waals surface area contributed by atoms with Crippen LogP contribution in [-0.4, -0.2) is 42.3 Å². The van der Waals surface area contributed by atoms with Crippen molar-refractivity contribution in [1.82, 2.24) is 5.32 Å². The molecule has 0 aromatic carbocycles. The van der Waals surface area contributed by atoms with Gasteiger partial charge in [0.25, 0.3) is 0 Å². The molecule has 2 saturated heterocycles. The van der Waals surface area contributed by atoms with Crippen LogP contribution in [-0.2, 0) is 9.47 Å². The Morgan fingerprint density at radius 3 is 2.75 bits per heavy atom. The van der Waals surface area contributed by atoms with Crippen LogP contribution in [0.25, 0.3) is 0 Å². The molecular weight excluding hydrogens is 158 g/mol. The quantitative estimate of drug-likeness (QED) is 0.517. The standard InChI is InChI=1S/C8H15NO3/c1-8(2)11-6-4-9-3-5(10)7(6)12-8/h5-7,9-10H,3-4H2,1-2H3. The minimum absolute atomic E-state index is 0.00347. The summed E-state index contributed by atoms with van der Waals surface area (Å²) in [5, 5.41) is 12.6. The Bertz CT molecular complexity index is 183. The maximum atomic E-state index is 9.54. The third-order valence-corrected chi connectivity index (χ3v) is 2.30. The summed E-state index contributed by atoms with van der Waals surface area (Å²) in [7, 11) is 0. The van der Waals surface area contributed by atoms with Crippen LogP contribution in [0.2, 0.25) is 0 Å². The fourth-order valence-electron chi connectivity index (χ4n) is 1.84. The van der Waals surface area contributed by atoms with Gasteiger partial charge in [0.15, 0.2) is 5.79 Å². The molecule has 0 radical (unpaired) electrons. The zero-order valence-electron chi connectivity index (χ0n) is 7.41. The largest absolute Gasteiger partial charge is 0.389 e. The molecular formula is C8H15NO3. The first-order valence-electron chi connectivity index (χ1n) is 4.33. The molecule has 2 fully saturated rings. The number of hydrogen-bond donors (Lipinski definition) is 2. The van der Waals surface area contributed by atoms with Gasteiger partial charge in [-0.2, -0.15) is 0 Å². The van der Waals surface area contributed by atoms with Crippen LogP contribution in [0.15, 0.2) is 0 Å². The van der Waals surface area contributed by atoms with E-state index in [-0.39, 0.29) is 12.2 Å². The minimum atomic E-state index is -0.539. The van der Waals surface area contributed by atoms with E-state index in [4.69, 9.17) is 9.47 Å². The molecule has 2 aliphatic heterocycles. The second kappa shape index (κ2) is 2.67. The maximum absolute atomic E-state index is 9.54. The Morgan fingerprint density at radius 2 is 2.08 bits per heavy atom. The van der Waals surface area contributed by atoms with Crippen molar-refractivity contribution in [2.45, 2.75) is 37.9 Å². The molecule has 2 rings (SSSR count). The highest BCUT2D eigenvalue weighted by Gasteiger charge is 2.46. The summed E-state index contributed by atoms with van der Waals surface area (Å²) < 4.78 is 11.1. The van der Waals surface area contributed by atoms with E-state index in [9.17, 15) is 5.11 Å². The number of rotatable bonds is 0. The van der Waals surface area contributed by atoms with Crippen molar-refractivity contribution in [3.63, 3.8) is 0 Å². The summed E-state index contributed by atoms with van der Waals surface area (Å²) in [4.78, 5) is 0. The van der Waals surface area contributed by atoms with Crippen LogP contribution in [0, 0.1) is 0 Å². The van der Waals surface area contributed by atoms with Gasteiger partial charge in [-0.25, -0.2) is 0 Å². The van der Waals surface area contributed by atoms with E-state index in [2.05, 4.69) is 5.32 Å². The van der Waals surface area contributed by atoms with Crippen LogP contribution in [0.1, 0.15) is 13.8 Å². The first-order valence-corrected chi connectivity index (χ1v) is 4.33. The van der Waals surface area contributed by atoms with Crippen LogP contribution < -0.4 is 5.32 Å². The van der Waals surface area contributed by atoms with Crippen molar-refractivity contribution in [3.8, 4) is 0 Å². The predicted octanol–water partition coefficient (Wildman–Crippen LogP) is -0.529. The number of hydrogen-bond acceptors (Lipinski definition) is 4. The van der Waals surface area contributed by atoms with E-state index in [1.54, 1.807) is 0 Å². The fourth-order valence-corrected chi connectivity index (χ4v) is 1.84. The highest BCUT2D eigenvalue weighted by molar-refractivity contribution is 4.92. The Labute approximate surface area is 71.9 Å². The van der Waals surface area contributed by atoms with Gasteiger partial charge in [0.1, 0.15) is 12.2 Å². The molecule has 3 atom stereocenters. The van der Waals surface area contributed by atoms with Crippen molar-refractivity contribution in [2.24, 2.45) is 0 Å². The summed E-state index contributed by atoms with van der Waals surface area (Å²) in [6.07, 6.45) is -0.587. The van der Waals surface area contributed by atoms with Gasteiger partial charge in [-0.15, -0.1) is 0 Å². The Morgan fingerprint density at radius 1 is 1.33 bits per heavy atom. The molecule has 0 spiro atoms. The SMILES string of the molecule is CC1(C)OC2CNCC(O)C2O1. The molecule has 0 aromatic rings. The van der Waals surface area contributed by atoms with Gasteiger partial charge in [0.2, 0.25) is 0 Å². The third-order valence-electron chi connectivity index (χ3n) is 2.30. The molecule has 2 heterocycles. The van der Waals surface area contributed by atoms with E-state index >= 15 is 0 Å². The van der Waals surface area contributed by atoms with E-state index in [0.29, 0.717) is 6.54 Å². The third kappa shape index (κ3) is 1.35. The van der Waals surface area contributed by atoms with Gasteiger partial charge in [-0.1, -0.05) is 0 Å². The van der Waals surface area contributed by atoms with Crippen molar-refractivity contribution in [1.29, 1.82) is 0 Å². The molecule has 2 aliphatic rings. The molecule has 4 heteroatoms. The van der Waals surface area contributed by atoms with E-state index in [1.165, 1.54) is 0 Å². The van der Waals surface area contributed by atoms with Crippen LogP contribution in [0.4, 0.5) is 0 Å². The van der Waals surface area contributed by atoms with Gasteiger partial charge >= 0.3 is 0 Å². The predicted molar refractivity (Wildman–Crippen MR) is 42.7 cm³/mol. The summed E-state index contributed by atoms with van der Waals surface area (Å²) in [5.41, 5.74) is 0. The number of aliphatic hydroxyl groups is 1. The number of piperidine rings is 1. The number of ether oxygens (including phenoxy) is 2. The molecule has 2 N–H and O–H groups in total. The second-order valence-electron chi connectivity index (χ2n) is 3.86. The molecule has 70 valence electrons. The van der Waals surface area contributed by atoms with Crippen LogP contribution >= 0.6 is 0 Å². The molecule has 0 aliphatic carbocycles. The van der Waals surface area contributed by atoms with E-state index < -0.39 is 11.9 Å². The average molecular weight is 173 g/mol. The minimum Gasteiger partial charge on any atom is -0.389 e. The fraction of sp³-hybridized carbons (Fsp3) is 1.00. The first kappa shape index (κ1) is 8.44. The average Bonchev–Trinajstić information content (AvgIpc) is 2.25. The van der Waals surface area contributed by atoms with Crippen LogP contribution in [0.5, 0.6) is 0 Å². The molecule has 0 amide bonds. The van der Waals surface area contributed by atoms with Crippen molar-refractivity contribution < 1.29 is 14.6 Å².